The Morgan fingerprint density at radius 1 is 0.500 bits per heavy atom. The van der Waals surface area contributed by atoms with Crippen LogP contribution in [0, 0.1) is 15.3 Å². The van der Waals surface area contributed by atoms with Crippen LogP contribution in [0.1, 0.15) is 0 Å². The summed E-state index contributed by atoms with van der Waals surface area (Å²) in [6, 6.07) is 0. The van der Waals surface area contributed by atoms with E-state index in [9.17, 15) is 25.2 Å². The van der Waals surface area contributed by atoms with E-state index >= 15 is 0 Å². The van der Waals surface area contributed by atoms with Crippen molar-refractivity contribution < 1.29 is 58.7 Å². The van der Waals surface area contributed by atoms with Crippen LogP contribution >= 0.6 is 7.81 Å². The van der Waals surface area contributed by atoms with E-state index in [0.717, 1.165) is 0 Å². The molecule has 0 bridgehead atoms. The Kier molecular flexibility index (Phi) is 20.1. The first-order chi connectivity index (χ1) is 13.2. The predicted molar refractivity (Wildman–Crippen MR) is 94.6 cm³/mol. The number of ether oxygens (including phenoxy) is 6. The van der Waals surface area contributed by atoms with E-state index in [1.165, 1.54) is 0 Å². The summed E-state index contributed by atoms with van der Waals surface area (Å²) in [5.41, 5.74) is 0. The molecule has 0 unspecified atom stereocenters. The van der Waals surface area contributed by atoms with Gasteiger partial charge in [-0.15, -0.1) is 0 Å². The zero-order valence-electron chi connectivity index (χ0n) is 15.8. The maximum atomic E-state index is 9.87. The summed E-state index contributed by atoms with van der Waals surface area (Å²) in [6.07, 6.45) is 0. The molecule has 0 atom stereocenters. The van der Waals surface area contributed by atoms with Gasteiger partial charge in [0.25, 0.3) is 0 Å². The Labute approximate surface area is 188 Å². The molecule has 1 rings (SSSR count). The molecule has 1 fully saturated rings. The molecule has 0 aromatic heterocycles. The number of hydrogen-bond acceptors (Lipinski definition) is 9. The van der Waals surface area contributed by atoms with Gasteiger partial charge in [0.15, 0.2) is 0 Å². The van der Waals surface area contributed by atoms with Crippen LogP contribution < -0.4 is 0 Å². The minimum Gasteiger partial charge on any atom is -0.356 e. The second kappa shape index (κ2) is 17.4. The van der Waals surface area contributed by atoms with Crippen LogP contribution in [0.25, 0.3) is 0 Å². The topological polar surface area (TPSA) is 122 Å². The molecule has 10 nitrogen and oxygen atoms in total. The van der Waals surface area contributed by atoms with Crippen molar-refractivity contribution in [2.24, 2.45) is 0 Å². The summed E-state index contributed by atoms with van der Waals surface area (Å²) >= 11 is 0. The fraction of sp³-hybridized carbons (Fsp3) is 1.00. The van der Waals surface area contributed by atoms with Gasteiger partial charge in [-0.2, -0.15) is 0 Å². The summed E-state index contributed by atoms with van der Waals surface area (Å²) in [5, 5.41) is 14.8. The van der Waals surface area contributed by atoms with Crippen molar-refractivity contribution in [1.82, 2.24) is 0 Å². The molecule has 1 heterocycles. The molecular formula is C12H24F6NO9PPb. The number of nitrogens with zero attached hydrogens (tertiary/aromatic N) is 1. The normalized spacial score (nSPS) is 20.6. The zero-order valence-corrected chi connectivity index (χ0v) is 20.6. The smallest absolute Gasteiger partial charge is 0.356 e. The Balaban J connectivity index is -0.000000507. The van der Waals surface area contributed by atoms with Gasteiger partial charge in [-0.05, 0) is 0 Å². The molecule has 18 heteroatoms. The third-order valence-electron chi connectivity index (χ3n) is 2.23. The first-order valence-corrected chi connectivity index (χ1v) is 10.1. The first-order valence-electron chi connectivity index (χ1n) is 8.03. The van der Waals surface area contributed by atoms with Crippen molar-refractivity contribution >= 4 is 35.1 Å². The molecular weight excluding hydrogens is 654 g/mol. The van der Waals surface area contributed by atoms with E-state index in [1.807, 2.05) is 0 Å². The molecule has 0 spiro atoms. The number of halogens is 6. The average molecular weight is 678 g/mol. The molecule has 0 aromatic rings. The van der Waals surface area contributed by atoms with E-state index in [1.54, 1.807) is 0 Å². The van der Waals surface area contributed by atoms with Crippen molar-refractivity contribution in [3.63, 3.8) is 0 Å². The van der Waals surface area contributed by atoms with Crippen LogP contribution in [0.4, 0.5) is 25.2 Å². The minimum atomic E-state index is -10.7. The molecule has 0 saturated carbocycles. The fourth-order valence-corrected chi connectivity index (χ4v) is 1.32. The van der Waals surface area contributed by atoms with Crippen LogP contribution in [0.2, 0.25) is 0 Å². The predicted octanol–water partition coefficient (Wildman–Crippen LogP) is 2.86. The summed E-state index contributed by atoms with van der Waals surface area (Å²) in [5.74, 6) is 0. The second-order valence-electron chi connectivity index (χ2n) is 4.86. The third kappa shape index (κ3) is 63.0. The number of rotatable bonds is 0. The van der Waals surface area contributed by atoms with Gasteiger partial charge in [-0.3, -0.25) is 0 Å². The van der Waals surface area contributed by atoms with Crippen LogP contribution in [0.3, 0.4) is 0 Å². The van der Waals surface area contributed by atoms with Crippen molar-refractivity contribution in [1.29, 1.82) is 0 Å². The molecule has 2 radical (unpaired) electrons. The van der Waals surface area contributed by atoms with Gasteiger partial charge in [0.1, 0.15) is 0 Å². The second-order valence-corrected chi connectivity index (χ2v) is 6.77. The van der Waals surface area contributed by atoms with Crippen LogP contribution in [-0.4, -0.2) is 112 Å². The van der Waals surface area contributed by atoms with Crippen molar-refractivity contribution in [3.8, 4) is 0 Å². The van der Waals surface area contributed by atoms with Crippen LogP contribution in [0.5, 0.6) is 0 Å². The van der Waals surface area contributed by atoms with E-state index < -0.39 is 12.9 Å². The molecule has 1 aliphatic rings. The molecule has 0 aromatic carbocycles. The van der Waals surface area contributed by atoms with Gasteiger partial charge < -0.3 is 43.7 Å². The molecule has 182 valence electrons. The third-order valence-corrected chi connectivity index (χ3v) is 2.23. The minimum absolute atomic E-state index is 0. The summed E-state index contributed by atoms with van der Waals surface area (Å²) in [6.45, 7) is 7.04. The number of hydrogen-bond donors (Lipinski definition) is 0. The van der Waals surface area contributed by atoms with Gasteiger partial charge in [0.05, 0.1) is 84.4 Å². The standard InChI is InChI=1S/C12H24O6.F6P.NO3.Pb/c1-2-14-5-6-16-9-10-18-12-11-17-8-7-15-4-3-13-1;1-7(2,3,4,5)6;2-1(3)4;/h1-12H2;;;/q;2*-1;+2. The SMILES string of the molecule is C1COCCOCCOCCOCCOCCO1.F[P-](F)(F)(F)(F)F.O=[N+]([O-])[O-].[Pb+2]. The van der Waals surface area contributed by atoms with E-state index in [4.69, 9.17) is 43.7 Å². The molecule has 1 saturated heterocycles. The molecule has 30 heavy (non-hydrogen) atoms. The Bertz CT molecular complexity index is 331. The quantitative estimate of drug-likeness (QED) is 0.125. The Morgan fingerprint density at radius 3 is 0.633 bits per heavy atom. The first kappa shape index (κ1) is 34.5. The Morgan fingerprint density at radius 2 is 0.567 bits per heavy atom. The summed E-state index contributed by atoms with van der Waals surface area (Å²) in [7, 11) is -10.7. The van der Waals surface area contributed by atoms with Crippen molar-refractivity contribution in [2.75, 3.05) is 79.3 Å². The molecule has 0 amide bonds. The molecule has 1 aliphatic heterocycles. The monoisotopic (exact) mass is 679 g/mol. The van der Waals surface area contributed by atoms with Crippen molar-refractivity contribution in [3.05, 3.63) is 15.3 Å². The molecule has 0 N–H and O–H groups in total. The van der Waals surface area contributed by atoms with E-state index in [-0.39, 0.29) is 27.3 Å². The maximum Gasteiger partial charge on any atom is 2.00 e. The van der Waals surface area contributed by atoms with Crippen LogP contribution in [-0.2, 0) is 28.4 Å². The zero-order chi connectivity index (χ0) is 22.7. The fourth-order valence-electron chi connectivity index (χ4n) is 1.32. The van der Waals surface area contributed by atoms with E-state index in [2.05, 4.69) is 0 Å². The largest absolute Gasteiger partial charge is 2.00 e. The van der Waals surface area contributed by atoms with E-state index in [0.29, 0.717) is 79.3 Å². The maximum absolute atomic E-state index is 10.7. The average Bonchev–Trinajstić information content (AvgIpc) is 2.51. The van der Waals surface area contributed by atoms with Gasteiger partial charge in [0, 0.05) is 0 Å². The summed E-state index contributed by atoms with van der Waals surface area (Å²) < 4.78 is 91.2. The molecule has 0 aliphatic carbocycles. The van der Waals surface area contributed by atoms with Gasteiger partial charge in [-0.25, -0.2) is 0 Å². The van der Waals surface area contributed by atoms with Gasteiger partial charge in [0.2, 0.25) is 0 Å². The van der Waals surface area contributed by atoms with Crippen molar-refractivity contribution in [2.45, 2.75) is 0 Å². The van der Waals surface area contributed by atoms with Gasteiger partial charge >= 0.3 is 60.3 Å². The Hall–Kier alpha value is -0.108. The van der Waals surface area contributed by atoms with Gasteiger partial charge in [-0.1, -0.05) is 0 Å². The van der Waals surface area contributed by atoms with Crippen LogP contribution in [0.15, 0.2) is 0 Å². The summed E-state index contributed by atoms with van der Waals surface area (Å²) in [4.78, 5) is 8.25.